The van der Waals surface area contributed by atoms with Gasteiger partial charge in [-0.1, -0.05) is 23.7 Å². The Kier molecular flexibility index (Phi) is 10.1. The molecule has 4 rings (SSSR count). The molecular weight excluding hydrogens is 520 g/mol. The zero-order valence-electron chi connectivity index (χ0n) is 19.3. The van der Waals surface area contributed by atoms with Crippen LogP contribution in [0.15, 0.2) is 47.4 Å². The Morgan fingerprint density at radius 3 is 2.24 bits per heavy atom. The van der Waals surface area contributed by atoms with E-state index in [0.717, 1.165) is 69.2 Å². The fourth-order valence-corrected chi connectivity index (χ4v) is 6.08. The van der Waals surface area contributed by atoms with E-state index in [0.29, 0.717) is 18.3 Å². The molecule has 0 atom stereocenters. The Morgan fingerprint density at radius 2 is 1.71 bits per heavy atom. The zero-order chi connectivity index (χ0) is 22.9. The summed E-state index contributed by atoms with van der Waals surface area (Å²) in [5.41, 5.74) is 7.95. The molecule has 0 bridgehead atoms. The number of benzene rings is 2. The molecule has 1 aliphatic heterocycles. The van der Waals surface area contributed by atoms with Crippen LogP contribution in [0.1, 0.15) is 31.2 Å². The van der Waals surface area contributed by atoms with Crippen LogP contribution < -0.4 is 10.6 Å². The summed E-state index contributed by atoms with van der Waals surface area (Å²) in [7, 11) is -3.41. The number of halogens is 4. The summed E-state index contributed by atoms with van der Waals surface area (Å²) >= 11 is 6.23. The van der Waals surface area contributed by atoms with Crippen molar-refractivity contribution in [1.82, 2.24) is 4.90 Å². The molecule has 1 saturated heterocycles. The zero-order valence-corrected chi connectivity index (χ0v) is 22.5. The molecule has 190 valence electrons. The molecule has 5 nitrogen and oxygen atoms in total. The predicted octanol–water partition coefficient (Wildman–Crippen LogP) is 4.69. The Balaban J connectivity index is 0.00000204. The standard InChI is InChI=1S/C24H31ClFN3O2S.2ClH/c1-32(30,31)21-5-6-23(22(26)16-21)29-13-11-28(12-14-29)20-7-9-24(17-27,10-8-20)18-3-2-4-19(25)15-18;;/h2-6,15-16,20H,7-14,17,27H2,1H3;2*1H. The first kappa shape index (κ1) is 29.1. The van der Waals surface area contributed by atoms with Crippen molar-refractivity contribution in [2.75, 3.05) is 43.9 Å². The van der Waals surface area contributed by atoms with E-state index in [1.165, 1.54) is 11.6 Å². The molecule has 1 aliphatic carbocycles. The Morgan fingerprint density at radius 1 is 1.06 bits per heavy atom. The SMILES string of the molecule is CS(=O)(=O)c1ccc(N2CCN(C3CCC(CN)(c4cccc(Cl)c4)CC3)CC2)c(F)c1.Cl.Cl. The van der Waals surface area contributed by atoms with Gasteiger partial charge >= 0.3 is 0 Å². The van der Waals surface area contributed by atoms with Crippen LogP contribution in [0.2, 0.25) is 5.02 Å². The van der Waals surface area contributed by atoms with Crippen LogP contribution in [0.5, 0.6) is 0 Å². The molecule has 1 saturated carbocycles. The van der Waals surface area contributed by atoms with Crippen molar-refractivity contribution >= 4 is 51.9 Å². The van der Waals surface area contributed by atoms with E-state index in [9.17, 15) is 12.8 Å². The number of rotatable bonds is 5. The third kappa shape index (κ3) is 6.18. The Labute approximate surface area is 219 Å². The maximum Gasteiger partial charge on any atom is 0.175 e. The molecule has 34 heavy (non-hydrogen) atoms. The fourth-order valence-electron chi connectivity index (χ4n) is 5.25. The van der Waals surface area contributed by atoms with Gasteiger partial charge in [-0.25, -0.2) is 12.8 Å². The van der Waals surface area contributed by atoms with E-state index in [1.807, 2.05) is 17.0 Å². The highest BCUT2D eigenvalue weighted by Gasteiger charge is 2.38. The third-order valence-electron chi connectivity index (χ3n) is 7.26. The van der Waals surface area contributed by atoms with Crippen LogP contribution in [-0.4, -0.2) is 58.3 Å². The van der Waals surface area contributed by atoms with E-state index in [2.05, 4.69) is 17.0 Å². The molecule has 2 aromatic carbocycles. The average Bonchev–Trinajstić information content (AvgIpc) is 2.79. The second-order valence-electron chi connectivity index (χ2n) is 9.13. The minimum atomic E-state index is -3.41. The highest BCUT2D eigenvalue weighted by molar-refractivity contribution is 7.90. The molecule has 0 amide bonds. The van der Waals surface area contributed by atoms with Gasteiger partial charge in [0.1, 0.15) is 5.82 Å². The molecular formula is C24H33Cl3FN3O2S. The van der Waals surface area contributed by atoms with Crippen molar-refractivity contribution < 1.29 is 12.8 Å². The van der Waals surface area contributed by atoms with E-state index < -0.39 is 15.7 Å². The summed E-state index contributed by atoms with van der Waals surface area (Å²) in [5, 5.41) is 0.755. The van der Waals surface area contributed by atoms with Crippen molar-refractivity contribution in [3.05, 3.63) is 58.9 Å². The third-order valence-corrected chi connectivity index (χ3v) is 8.60. The summed E-state index contributed by atoms with van der Waals surface area (Å²) in [6, 6.07) is 12.8. The quantitative estimate of drug-likeness (QED) is 0.583. The van der Waals surface area contributed by atoms with Crippen LogP contribution in [0.25, 0.3) is 0 Å². The predicted molar refractivity (Wildman–Crippen MR) is 142 cm³/mol. The van der Waals surface area contributed by atoms with Gasteiger partial charge < -0.3 is 10.6 Å². The number of hydrogen-bond donors (Lipinski definition) is 1. The first-order valence-corrected chi connectivity index (χ1v) is 13.4. The van der Waals surface area contributed by atoms with E-state index in [-0.39, 0.29) is 35.1 Å². The topological polar surface area (TPSA) is 66.6 Å². The molecule has 10 heteroatoms. The lowest BCUT2D eigenvalue weighted by Crippen LogP contribution is -2.53. The minimum absolute atomic E-state index is 0. The Bertz CT molecular complexity index is 1070. The summed E-state index contributed by atoms with van der Waals surface area (Å²) in [6.07, 6.45) is 5.34. The summed E-state index contributed by atoms with van der Waals surface area (Å²) < 4.78 is 37.9. The van der Waals surface area contributed by atoms with Crippen molar-refractivity contribution in [2.45, 2.75) is 42.0 Å². The normalized spacial score (nSPS) is 23.6. The van der Waals surface area contributed by atoms with Gasteiger partial charge in [-0.2, -0.15) is 0 Å². The van der Waals surface area contributed by atoms with Crippen LogP contribution in [0.3, 0.4) is 0 Å². The summed E-state index contributed by atoms with van der Waals surface area (Å²) in [4.78, 5) is 4.54. The number of piperazine rings is 1. The largest absolute Gasteiger partial charge is 0.367 e. The van der Waals surface area contributed by atoms with Crippen molar-refractivity contribution in [1.29, 1.82) is 0 Å². The van der Waals surface area contributed by atoms with Crippen LogP contribution in [-0.2, 0) is 15.3 Å². The molecule has 0 aromatic heterocycles. The van der Waals surface area contributed by atoms with Crippen molar-refractivity contribution in [2.24, 2.45) is 5.73 Å². The molecule has 0 spiro atoms. The van der Waals surface area contributed by atoms with Crippen LogP contribution >= 0.6 is 36.4 Å². The van der Waals surface area contributed by atoms with Gasteiger partial charge in [-0.15, -0.1) is 24.8 Å². The number of sulfone groups is 1. The lowest BCUT2D eigenvalue weighted by Gasteiger charge is -2.46. The summed E-state index contributed by atoms with van der Waals surface area (Å²) in [5.74, 6) is -0.478. The number of nitrogens with two attached hydrogens (primary N) is 1. The van der Waals surface area contributed by atoms with Gasteiger partial charge in [-0.05, 0) is 61.6 Å². The first-order valence-electron chi connectivity index (χ1n) is 11.2. The molecule has 1 heterocycles. The van der Waals surface area contributed by atoms with Gasteiger partial charge in [0.2, 0.25) is 0 Å². The maximum absolute atomic E-state index is 14.6. The molecule has 0 radical (unpaired) electrons. The molecule has 2 aromatic rings. The lowest BCUT2D eigenvalue weighted by molar-refractivity contribution is 0.118. The monoisotopic (exact) mass is 551 g/mol. The number of anilines is 1. The molecule has 2 N–H and O–H groups in total. The van der Waals surface area contributed by atoms with Crippen molar-refractivity contribution in [3.8, 4) is 0 Å². The van der Waals surface area contributed by atoms with Crippen molar-refractivity contribution in [3.63, 3.8) is 0 Å². The van der Waals surface area contributed by atoms with Crippen LogP contribution in [0.4, 0.5) is 10.1 Å². The highest BCUT2D eigenvalue weighted by Crippen LogP contribution is 2.41. The second kappa shape index (κ2) is 11.8. The van der Waals surface area contributed by atoms with Gasteiger partial charge in [0.05, 0.1) is 10.6 Å². The fraction of sp³-hybridized carbons (Fsp3) is 0.500. The lowest BCUT2D eigenvalue weighted by atomic mass is 9.68. The second-order valence-corrected chi connectivity index (χ2v) is 11.6. The maximum atomic E-state index is 14.6. The molecule has 2 aliphatic rings. The van der Waals surface area contributed by atoms with E-state index in [4.69, 9.17) is 17.3 Å². The number of hydrogen-bond acceptors (Lipinski definition) is 5. The molecule has 2 fully saturated rings. The summed E-state index contributed by atoms with van der Waals surface area (Å²) in [6.45, 7) is 3.80. The smallest absolute Gasteiger partial charge is 0.175 e. The Hall–Kier alpha value is -1.09. The number of nitrogens with zero attached hydrogens (tertiary/aromatic N) is 2. The van der Waals surface area contributed by atoms with Gasteiger partial charge in [0, 0.05) is 55.5 Å². The van der Waals surface area contributed by atoms with Gasteiger partial charge in [0.15, 0.2) is 9.84 Å². The van der Waals surface area contributed by atoms with E-state index in [1.54, 1.807) is 6.07 Å². The highest BCUT2D eigenvalue weighted by atomic mass is 35.5. The van der Waals surface area contributed by atoms with Crippen LogP contribution in [0, 0.1) is 5.82 Å². The first-order chi connectivity index (χ1) is 15.2. The minimum Gasteiger partial charge on any atom is -0.367 e. The molecule has 0 unspecified atom stereocenters. The average molecular weight is 553 g/mol. The van der Waals surface area contributed by atoms with Gasteiger partial charge in [0.25, 0.3) is 0 Å². The van der Waals surface area contributed by atoms with Gasteiger partial charge in [-0.3, -0.25) is 4.90 Å². The van der Waals surface area contributed by atoms with E-state index >= 15 is 0 Å².